The molecule has 0 heterocycles. The lowest BCUT2D eigenvalue weighted by Gasteiger charge is -2.28. The van der Waals surface area contributed by atoms with Crippen LogP contribution in [-0.2, 0) is 0 Å². The zero-order valence-electron chi connectivity index (χ0n) is 9.12. The number of hydrogen-bond donors (Lipinski definition) is 2. The van der Waals surface area contributed by atoms with E-state index in [4.69, 9.17) is 10.5 Å². The van der Waals surface area contributed by atoms with Crippen molar-refractivity contribution in [3.8, 4) is 5.75 Å². The highest BCUT2D eigenvalue weighted by molar-refractivity contribution is 5.73. The number of nitrogens with one attached hydrogen (secondary N) is 1. The topological polar surface area (TPSA) is 47.3 Å². The largest absolute Gasteiger partial charge is 0.492 e. The van der Waals surface area contributed by atoms with Gasteiger partial charge in [-0.05, 0) is 38.3 Å². The minimum absolute atomic E-state index is 0.601. The molecule has 0 amide bonds. The summed E-state index contributed by atoms with van der Waals surface area (Å²) >= 11 is 0. The predicted molar refractivity (Wildman–Crippen MR) is 63.3 cm³/mol. The number of anilines is 2. The molecule has 0 aromatic heterocycles. The molecule has 0 bridgehead atoms. The van der Waals surface area contributed by atoms with Gasteiger partial charge in [-0.1, -0.05) is 6.07 Å². The third-order valence-electron chi connectivity index (χ3n) is 2.83. The predicted octanol–water partition coefficient (Wildman–Crippen LogP) is 2.63. The number of benzene rings is 1. The Kier molecular flexibility index (Phi) is 2.99. The summed E-state index contributed by atoms with van der Waals surface area (Å²) in [5.41, 5.74) is 7.74. The lowest BCUT2D eigenvalue weighted by atomic mass is 9.93. The van der Waals surface area contributed by atoms with Gasteiger partial charge in [0.1, 0.15) is 5.75 Å². The summed E-state index contributed by atoms with van der Waals surface area (Å²) in [5, 5.41) is 3.44. The van der Waals surface area contributed by atoms with Gasteiger partial charge in [0.25, 0.3) is 0 Å². The lowest BCUT2D eigenvalue weighted by molar-refractivity contribution is 0.342. The second-order valence-corrected chi connectivity index (χ2v) is 3.92. The molecule has 2 rings (SSSR count). The summed E-state index contributed by atoms with van der Waals surface area (Å²) in [6.07, 6.45) is 3.82. The molecule has 1 aromatic carbocycles. The number of nitrogen functional groups attached to an aromatic ring is 1. The van der Waals surface area contributed by atoms with E-state index < -0.39 is 0 Å². The second-order valence-electron chi connectivity index (χ2n) is 3.92. The normalized spacial score (nSPS) is 15.8. The van der Waals surface area contributed by atoms with E-state index in [0.29, 0.717) is 12.6 Å². The van der Waals surface area contributed by atoms with Crippen LogP contribution in [0.2, 0.25) is 0 Å². The summed E-state index contributed by atoms with van der Waals surface area (Å²) in [7, 11) is 0. The van der Waals surface area contributed by atoms with E-state index in [1.165, 1.54) is 19.3 Å². The molecule has 0 unspecified atom stereocenters. The van der Waals surface area contributed by atoms with Crippen molar-refractivity contribution in [1.29, 1.82) is 0 Å². The third kappa shape index (κ3) is 2.17. The lowest BCUT2D eigenvalue weighted by Crippen LogP contribution is -2.27. The SMILES string of the molecule is CCOc1cccc(NC2CCC2)c1N. The molecule has 1 saturated carbocycles. The van der Waals surface area contributed by atoms with E-state index in [0.717, 1.165) is 17.1 Å². The molecule has 0 saturated heterocycles. The number of hydrogen-bond acceptors (Lipinski definition) is 3. The van der Waals surface area contributed by atoms with Crippen molar-refractivity contribution in [2.75, 3.05) is 17.7 Å². The first-order valence-electron chi connectivity index (χ1n) is 5.59. The van der Waals surface area contributed by atoms with Gasteiger partial charge in [-0.3, -0.25) is 0 Å². The molecule has 3 N–H and O–H groups in total. The molecule has 1 fully saturated rings. The van der Waals surface area contributed by atoms with Crippen LogP contribution in [0.25, 0.3) is 0 Å². The number of nitrogens with two attached hydrogens (primary N) is 1. The molecule has 3 nitrogen and oxygen atoms in total. The molecular formula is C12H18N2O. The van der Waals surface area contributed by atoms with Crippen molar-refractivity contribution in [1.82, 2.24) is 0 Å². The van der Waals surface area contributed by atoms with Gasteiger partial charge in [0.15, 0.2) is 0 Å². The van der Waals surface area contributed by atoms with Gasteiger partial charge in [-0.2, -0.15) is 0 Å². The molecule has 82 valence electrons. The van der Waals surface area contributed by atoms with Gasteiger partial charge in [0, 0.05) is 6.04 Å². The fraction of sp³-hybridized carbons (Fsp3) is 0.500. The Morgan fingerprint density at radius 1 is 1.47 bits per heavy atom. The fourth-order valence-corrected chi connectivity index (χ4v) is 1.72. The molecule has 1 aliphatic carbocycles. The van der Waals surface area contributed by atoms with E-state index in [9.17, 15) is 0 Å². The smallest absolute Gasteiger partial charge is 0.144 e. The van der Waals surface area contributed by atoms with Crippen LogP contribution in [0.5, 0.6) is 5.75 Å². The molecule has 0 aliphatic heterocycles. The van der Waals surface area contributed by atoms with Crippen molar-refractivity contribution in [2.45, 2.75) is 32.2 Å². The van der Waals surface area contributed by atoms with Gasteiger partial charge < -0.3 is 15.8 Å². The zero-order chi connectivity index (χ0) is 10.7. The molecule has 0 atom stereocenters. The monoisotopic (exact) mass is 206 g/mol. The first-order chi connectivity index (χ1) is 7.31. The summed E-state index contributed by atoms with van der Waals surface area (Å²) in [6, 6.07) is 6.49. The van der Waals surface area contributed by atoms with Crippen LogP contribution < -0.4 is 15.8 Å². The van der Waals surface area contributed by atoms with Crippen LogP contribution in [0.1, 0.15) is 26.2 Å². The minimum Gasteiger partial charge on any atom is -0.492 e. The highest BCUT2D eigenvalue weighted by atomic mass is 16.5. The molecular weight excluding hydrogens is 188 g/mol. The Morgan fingerprint density at radius 2 is 2.27 bits per heavy atom. The van der Waals surface area contributed by atoms with Gasteiger partial charge in [-0.25, -0.2) is 0 Å². The molecule has 1 aromatic rings. The Labute approximate surface area is 90.6 Å². The van der Waals surface area contributed by atoms with Crippen LogP contribution in [0.4, 0.5) is 11.4 Å². The van der Waals surface area contributed by atoms with Gasteiger partial charge in [0.2, 0.25) is 0 Å². The maximum absolute atomic E-state index is 6.01. The van der Waals surface area contributed by atoms with Crippen molar-refractivity contribution >= 4 is 11.4 Å². The third-order valence-corrected chi connectivity index (χ3v) is 2.83. The average Bonchev–Trinajstić information content (AvgIpc) is 2.17. The van der Waals surface area contributed by atoms with Crippen LogP contribution in [0.15, 0.2) is 18.2 Å². The molecule has 0 radical (unpaired) electrons. The Hall–Kier alpha value is -1.38. The Bertz CT molecular complexity index is 334. The van der Waals surface area contributed by atoms with Crippen LogP contribution in [0, 0.1) is 0 Å². The molecule has 1 aliphatic rings. The van der Waals surface area contributed by atoms with E-state index >= 15 is 0 Å². The van der Waals surface area contributed by atoms with Crippen molar-refractivity contribution < 1.29 is 4.74 Å². The van der Waals surface area contributed by atoms with Gasteiger partial charge in [-0.15, -0.1) is 0 Å². The first-order valence-corrected chi connectivity index (χ1v) is 5.59. The highest BCUT2D eigenvalue weighted by Crippen LogP contribution is 2.32. The number of para-hydroxylation sites is 1. The van der Waals surface area contributed by atoms with Crippen LogP contribution in [0.3, 0.4) is 0 Å². The van der Waals surface area contributed by atoms with Crippen LogP contribution in [-0.4, -0.2) is 12.6 Å². The number of rotatable bonds is 4. The quantitative estimate of drug-likeness (QED) is 0.744. The second kappa shape index (κ2) is 4.43. The fourth-order valence-electron chi connectivity index (χ4n) is 1.72. The van der Waals surface area contributed by atoms with Gasteiger partial charge >= 0.3 is 0 Å². The van der Waals surface area contributed by atoms with Crippen molar-refractivity contribution in [3.05, 3.63) is 18.2 Å². The summed E-state index contributed by atoms with van der Waals surface area (Å²) in [5.74, 6) is 0.779. The van der Waals surface area contributed by atoms with Crippen LogP contribution >= 0.6 is 0 Å². The van der Waals surface area contributed by atoms with Crippen molar-refractivity contribution in [3.63, 3.8) is 0 Å². The number of ether oxygens (including phenoxy) is 1. The van der Waals surface area contributed by atoms with Crippen molar-refractivity contribution in [2.24, 2.45) is 0 Å². The maximum atomic E-state index is 6.01. The summed E-state index contributed by atoms with van der Waals surface area (Å²) < 4.78 is 5.45. The van der Waals surface area contributed by atoms with Gasteiger partial charge in [0.05, 0.1) is 18.0 Å². The van der Waals surface area contributed by atoms with E-state index in [-0.39, 0.29) is 0 Å². The van der Waals surface area contributed by atoms with E-state index in [1.807, 2.05) is 25.1 Å². The first kappa shape index (κ1) is 10.1. The Morgan fingerprint density at radius 3 is 2.87 bits per heavy atom. The van der Waals surface area contributed by atoms with E-state index in [1.54, 1.807) is 0 Å². The van der Waals surface area contributed by atoms with E-state index in [2.05, 4.69) is 5.32 Å². The summed E-state index contributed by atoms with van der Waals surface area (Å²) in [6.45, 7) is 2.61. The zero-order valence-corrected chi connectivity index (χ0v) is 9.12. The summed E-state index contributed by atoms with van der Waals surface area (Å²) in [4.78, 5) is 0. The maximum Gasteiger partial charge on any atom is 0.144 e. The average molecular weight is 206 g/mol. The standard InChI is InChI=1S/C12H18N2O/c1-2-15-11-8-4-7-10(12(11)13)14-9-5-3-6-9/h4,7-9,14H,2-3,5-6,13H2,1H3. The Balaban J connectivity index is 2.11. The molecule has 15 heavy (non-hydrogen) atoms. The molecule has 0 spiro atoms. The highest BCUT2D eigenvalue weighted by Gasteiger charge is 2.18. The minimum atomic E-state index is 0.601. The molecule has 3 heteroatoms.